The summed E-state index contributed by atoms with van der Waals surface area (Å²) in [6.07, 6.45) is 3.45. The van der Waals surface area contributed by atoms with E-state index in [4.69, 9.17) is 16.3 Å². The summed E-state index contributed by atoms with van der Waals surface area (Å²) < 4.78 is 6.00. The minimum Gasteiger partial charge on any atom is -0.488 e. The summed E-state index contributed by atoms with van der Waals surface area (Å²) in [6, 6.07) is 24.6. The van der Waals surface area contributed by atoms with Crippen LogP contribution in [0, 0.1) is 0 Å². The van der Waals surface area contributed by atoms with Crippen LogP contribution >= 0.6 is 11.6 Å². The summed E-state index contributed by atoms with van der Waals surface area (Å²) >= 11 is 5.95. The van der Waals surface area contributed by atoms with Gasteiger partial charge in [-0.1, -0.05) is 54.1 Å². The van der Waals surface area contributed by atoms with Crippen LogP contribution in [0.1, 0.15) is 21.6 Å². The van der Waals surface area contributed by atoms with E-state index in [1.54, 1.807) is 12.3 Å². The third-order valence-corrected chi connectivity index (χ3v) is 5.54. The summed E-state index contributed by atoms with van der Waals surface area (Å²) in [5.41, 5.74) is 7.08. The van der Waals surface area contributed by atoms with Crippen LogP contribution in [0.25, 0.3) is 22.2 Å². The number of fused-ring (bicyclic) bond motifs is 1. The normalized spacial score (nSPS) is 11.2. The van der Waals surface area contributed by atoms with E-state index in [0.29, 0.717) is 28.8 Å². The van der Waals surface area contributed by atoms with Crippen molar-refractivity contribution in [2.75, 3.05) is 0 Å². The lowest BCUT2D eigenvalue weighted by atomic mass is 10.1. The van der Waals surface area contributed by atoms with E-state index in [2.05, 4.69) is 25.7 Å². The molecule has 3 N–H and O–H groups in total. The molecular weight excluding hydrogens is 450 g/mol. The number of para-hydroxylation sites is 2. The summed E-state index contributed by atoms with van der Waals surface area (Å²) in [4.78, 5) is 15.7. The Morgan fingerprint density at radius 3 is 2.74 bits per heavy atom. The van der Waals surface area contributed by atoms with Crippen molar-refractivity contribution in [3.05, 3.63) is 107 Å². The molecule has 168 valence electrons. The van der Waals surface area contributed by atoms with E-state index in [9.17, 15) is 4.79 Å². The van der Waals surface area contributed by atoms with Gasteiger partial charge < -0.3 is 9.72 Å². The van der Waals surface area contributed by atoms with E-state index < -0.39 is 5.91 Å². The molecular formula is C26H20ClN5O2. The molecule has 1 amide bonds. The number of hydrogen-bond donors (Lipinski definition) is 3. The van der Waals surface area contributed by atoms with Crippen LogP contribution in [0.5, 0.6) is 5.75 Å². The number of aromatic nitrogens is 3. The van der Waals surface area contributed by atoms with Crippen molar-refractivity contribution in [1.82, 2.24) is 20.6 Å². The monoisotopic (exact) mass is 469 g/mol. The second-order valence-corrected chi connectivity index (χ2v) is 8.00. The molecule has 0 saturated heterocycles. The maximum Gasteiger partial charge on any atom is 0.289 e. The molecule has 0 aliphatic carbocycles. The van der Waals surface area contributed by atoms with Gasteiger partial charge in [-0.05, 0) is 42.0 Å². The van der Waals surface area contributed by atoms with Gasteiger partial charge in [-0.2, -0.15) is 10.2 Å². The fourth-order valence-electron chi connectivity index (χ4n) is 3.54. The van der Waals surface area contributed by atoms with E-state index in [1.165, 1.54) is 0 Å². The SMILES string of the molecule is O=C(NN=Cc1c[nH]c2ccccc12)c1cc(-c2ccccc2OCc2ccc(Cl)cc2)n[nH]1. The lowest BCUT2D eigenvalue weighted by Crippen LogP contribution is -2.17. The van der Waals surface area contributed by atoms with Crippen LogP contribution in [0.15, 0.2) is 90.2 Å². The molecule has 0 bridgehead atoms. The topological polar surface area (TPSA) is 95.2 Å². The van der Waals surface area contributed by atoms with E-state index in [0.717, 1.165) is 27.6 Å². The number of rotatable bonds is 7. The van der Waals surface area contributed by atoms with Crippen LogP contribution in [0.3, 0.4) is 0 Å². The number of halogens is 1. The zero-order chi connectivity index (χ0) is 23.3. The van der Waals surface area contributed by atoms with Gasteiger partial charge in [0.1, 0.15) is 18.1 Å². The van der Waals surface area contributed by atoms with Gasteiger partial charge in [0.15, 0.2) is 0 Å². The maximum absolute atomic E-state index is 12.6. The van der Waals surface area contributed by atoms with Crippen LogP contribution in [-0.2, 0) is 6.61 Å². The summed E-state index contributed by atoms with van der Waals surface area (Å²) in [5, 5.41) is 12.9. The first-order chi connectivity index (χ1) is 16.7. The molecule has 8 heteroatoms. The Balaban J connectivity index is 1.27. The van der Waals surface area contributed by atoms with Gasteiger partial charge in [-0.25, -0.2) is 5.43 Å². The van der Waals surface area contributed by atoms with Gasteiger partial charge in [-0.3, -0.25) is 9.89 Å². The quantitative estimate of drug-likeness (QED) is 0.215. The van der Waals surface area contributed by atoms with Crippen molar-refractivity contribution < 1.29 is 9.53 Å². The molecule has 5 rings (SSSR count). The lowest BCUT2D eigenvalue weighted by Gasteiger charge is -2.10. The van der Waals surface area contributed by atoms with E-state index >= 15 is 0 Å². The number of hydrogen-bond acceptors (Lipinski definition) is 4. The molecule has 0 radical (unpaired) electrons. The molecule has 3 aromatic carbocycles. The smallest absolute Gasteiger partial charge is 0.289 e. The number of carbonyl (C=O) groups excluding carboxylic acids is 1. The molecule has 7 nitrogen and oxygen atoms in total. The Morgan fingerprint density at radius 2 is 1.85 bits per heavy atom. The number of nitrogens with one attached hydrogen (secondary N) is 3. The van der Waals surface area contributed by atoms with Crippen molar-refractivity contribution in [1.29, 1.82) is 0 Å². The molecule has 5 aromatic rings. The number of amides is 1. The summed E-state index contributed by atoms with van der Waals surface area (Å²) in [6.45, 7) is 0.383. The van der Waals surface area contributed by atoms with Crippen LogP contribution in [0.2, 0.25) is 5.02 Å². The third-order valence-electron chi connectivity index (χ3n) is 5.28. The van der Waals surface area contributed by atoms with Crippen LogP contribution < -0.4 is 10.2 Å². The minimum absolute atomic E-state index is 0.290. The average Bonchev–Trinajstić information content (AvgIpc) is 3.52. The first-order valence-electron chi connectivity index (χ1n) is 10.6. The fraction of sp³-hybridized carbons (Fsp3) is 0.0385. The second-order valence-electron chi connectivity index (χ2n) is 7.57. The lowest BCUT2D eigenvalue weighted by molar-refractivity contribution is 0.0950. The standard InChI is InChI=1S/C26H20ClN5O2/c27-19-11-9-17(10-12-19)16-34-25-8-4-2-6-21(25)23-13-24(31-30-23)26(33)32-29-15-18-14-28-22-7-3-1-5-20(18)22/h1-15,28H,16H2,(H,30,31)(H,32,33). The van der Waals surface area contributed by atoms with Crippen molar-refractivity contribution >= 4 is 34.6 Å². The molecule has 0 aliphatic heterocycles. The number of nitrogens with zero attached hydrogens (tertiary/aromatic N) is 2. The Labute approximate surface area is 200 Å². The number of benzene rings is 3. The van der Waals surface area contributed by atoms with Gasteiger partial charge in [-0.15, -0.1) is 0 Å². The molecule has 0 atom stereocenters. The highest BCUT2D eigenvalue weighted by Crippen LogP contribution is 2.29. The third kappa shape index (κ3) is 4.69. The zero-order valence-electron chi connectivity index (χ0n) is 18.0. The van der Waals surface area contributed by atoms with E-state index in [1.807, 2.05) is 79.0 Å². The first-order valence-corrected chi connectivity index (χ1v) is 11.0. The highest BCUT2D eigenvalue weighted by Gasteiger charge is 2.14. The summed E-state index contributed by atoms with van der Waals surface area (Å²) in [7, 11) is 0. The molecule has 0 saturated carbocycles. The molecule has 0 aliphatic rings. The molecule has 2 aromatic heterocycles. The molecule has 0 fully saturated rings. The Hall–Kier alpha value is -4.36. The van der Waals surface area contributed by atoms with Crippen molar-refractivity contribution in [2.24, 2.45) is 5.10 Å². The maximum atomic E-state index is 12.6. The highest BCUT2D eigenvalue weighted by atomic mass is 35.5. The second kappa shape index (κ2) is 9.64. The average molecular weight is 470 g/mol. The number of H-pyrrole nitrogens is 2. The van der Waals surface area contributed by atoms with Gasteiger partial charge in [0.25, 0.3) is 5.91 Å². The molecule has 2 heterocycles. The molecule has 0 spiro atoms. The van der Waals surface area contributed by atoms with E-state index in [-0.39, 0.29) is 0 Å². The largest absolute Gasteiger partial charge is 0.488 e. The number of aromatic amines is 2. The highest BCUT2D eigenvalue weighted by molar-refractivity contribution is 6.30. The van der Waals surface area contributed by atoms with Gasteiger partial charge >= 0.3 is 0 Å². The summed E-state index contributed by atoms with van der Waals surface area (Å²) in [5.74, 6) is 0.266. The van der Waals surface area contributed by atoms with Crippen molar-refractivity contribution in [3.8, 4) is 17.0 Å². The first kappa shape index (κ1) is 21.5. The Bertz CT molecular complexity index is 1470. The predicted molar refractivity (Wildman–Crippen MR) is 133 cm³/mol. The van der Waals surface area contributed by atoms with Crippen molar-refractivity contribution in [3.63, 3.8) is 0 Å². The van der Waals surface area contributed by atoms with Gasteiger partial charge in [0, 0.05) is 33.2 Å². The molecule has 34 heavy (non-hydrogen) atoms. The number of ether oxygens (including phenoxy) is 1. The van der Waals surface area contributed by atoms with Crippen LogP contribution in [-0.4, -0.2) is 27.3 Å². The van der Waals surface area contributed by atoms with Gasteiger partial charge in [0.05, 0.1) is 11.9 Å². The Kier molecular flexibility index (Phi) is 6.09. The van der Waals surface area contributed by atoms with Gasteiger partial charge in [0.2, 0.25) is 0 Å². The fourth-order valence-corrected chi connectivity index (χ4v) is 3.67. The number of carbonyl (C=O) groups is 1. The van der Waals surface area contributed by atoms with Crippen molar-refractivity contribution in [2.45, 2.75) is 6.61 Å². The van der Waals surface area contributed by atoms with Crippen LogP contribution in [0.4, 0.5) is 0 Å². The molecule has 0 unspecified atom stereocenters. The predicted octanol–water partition coefficient (Wildman–Crippen LogP) is 5.55. The Morgan fingerprint density at radius 1 is 1.06 bits per heavy atom. The minimum atomic E-state index is -0.394. The number of hydrazone groups is 1. The zero-order valence-corrected chi connectivity index (χ0v) is 18.7.